The molecular weight excluding hydrogens is 575 g/mol. The Morgan fingerprint density at radius 3 is 2.09 bits per heavy atom. The van der Waals surface area contributed by atoms with Crippen molar-refractivity contribution in [1.82, 2.24) is 4.57 Å². The first-order chi connectivity index (χ1) is 22.7. The Morgan fingerprint density at radius 1 is 0.630 bits per heavy atom. The Kier molecular flexibility index (Phi) is 7.21. The third-order valence-corrected chi connectivity index (χ3v) is 9.97. The van der Waals surface area contributed by atoms with Gasteiger partial charge in [-0.2, -0.15) is 0 Å². The molecule has 0 bridgehead atoms. The number of thiophene rings is 1. The molecule has 8 rings (SSSR count). The van der Waals surface area contributed by atoms with Crippen LogP contribution in [0.4, 0.5) is 0 Å². The molecule has 220 valence electrons. The maximum atomic E-state index is 2.44. The Labute approximate surface area is 273 Å². The van der Waals surface area contributed by atoms with Crippen molar-refractivity contribution >= 4 is 59.4 Å². The smallest absolute Gasteiger partial charge is 0.0561 e. The lowest BCUT2D eigenvalue weighted by atomic mass is 9.95. The lowest BCUT2D eigenvalue weighted by molar-refractivity contribution is 1.18. The van der Waals surface area contributed by atoms with Gasteiger partial charge >= 0.3 is 0 Å². The standard InChI is InChI=1S/C44H33NS/c1-3-14-30(2)15-13-16-31-23-25-39-37(27-31)43-40(45(39)35-21-11-6-12-22-35)29-36(33-19-9-5-10-20-33)42-38-28-34(32-17-7-4-8-18-32)24-26-41(38)46-44(42)43/h3-29H,1-2H3/b14-3-,16-13+,30-15-. The van der Waals surface area contributed by atoms with Crippen LogP contribution in [0.15, 0.2) is 163 Å². The molecule has 0 aliphatic heterocycles. The highest BCUT2D eigenvalue weighted by atomic mass is 32.1. The summed E-state index contributed by atoms with van der Waals surface area (Å²) in [6, 6.07) is 48.7. The third kappa shape index (κ3) is 4.88. The van der Waals surface area contributed by atoms with Gasteiger partial charge in [0.05, 0.1) is 11.0 Å². The zero-order valence-electron chi connectivity index (χ0n) is 25.9. The Balaban J connectivity index is 1.49. The second-order valence-corrected chi connectivity index (χ2v) is 12.8. The number of aromatic nitrogens is 1. The summed E-state index contributed by atoms with van der Waals surface area (Å²) in [4.78, 5) is 0. The van der Waals surface area contributed by atoms with Crippen molar-refractivity contribution in [1.29, 1.82) is 0 Å². The van der Waals surface area contributed by atoms with Crippen molar-refractivity contribution in [3.63, 3.8) is 0 Å². The minimum Gasteiger partial charge on any atom is -0.309 e. The summed E-state index contributed by atoms with van der Waals surface area (Å²) in [5.74, 6) is 0. The van der Waals surface area contributed by atoms with Crippen molar-refractivity contribution in [3.05, 3.63) is 169 Å². The van der Waals surface area contributed by atoms with E-state index in [1.54, 1.807) is 0 Å². The van der Waals surface area contributed by atoms with Crippen LogP contribution >= 0.6 is 11.3 Å². The van der Waals surface area contributed by atoms with E-state index in [4.69, 9.17) is 0 Å². The van der Waals surface area contributed by atoms with Crippen molar-refractivity contribution in [3.8, 4) is 27.9 Å². The number of nitrogens with zero attached hydrogens (tertiary/aromatic N) is 1. The van der Waals surface area contributed by atoms with E-state index in [1.807, 2.05) is 11.3 Å². The molecule has 0 radical (unpaired) electrons. The molecule has 0 saturated heterocycles. The molecule has 8 aromatic rings. The minimum atomic E-state index is 1.17. The van der Waals surface area contributed by atoms with E-state index >= 15 is 0 Å². The van der Waals surface area contributed by atoms with Crippen LogP contribution in [0.3, 0.4) is 0 Å². The van der Waals surface area contributed by atoms with Crippen LogP contribution in [0, 0.1) is 0 Å². The zero-order valence-corrected chi connectivity index (χ0v) is 26.8. The van der Waals surface area contributed by atoms with Crippen LogP contribution in [-0.2, 0) is 0 Å². The molecule has 0 saturated carbocycles. The number of para-hydroxylation sites is 1. The Bertz CT molecular complexity index is 2460. The maximum absolute atomic E-state index is 2.44. The van der Waals surface area contributed by atoms with Crippen LogP contribution in [-0.4, -0.2) is 4.57 Å². The molecule has 0 N–H and O–H groups in total. The highest BCUT2D eigenvalue weighted by Gasteiger charge is 2.21. The first-order valence-corrected chi connectivity index (χ1v) is 16.6. The summed E-state index contributed by atoms with van der Waals surface area (Å²) in [5.41, 5.74) is 11.0. The average Bonchev–Trinajstić information content (AvgIpc) is 3.64. The summed E-state index contributed by atoms with van der Waals surface area (Å²) in [6.07, 6.45) is 10.7. The van der Waals surface area contributed by atoms with Gasteiger partial charge in [-0.1, -0.05) is 127 Å². The molecule has 0 unspecified atom stereocenters. The van der Waals surface area contributed by atoms with Crippen LogP contribution in [0.2, 0.25) is 0 Å². The number of rotatable bonds is 6. The normalized spacial score (nSPS) is 12.5. The summed E-state index contributed by atoms with van der Waals surface area (Å²) in [5, 5.41) is 5.22. The summed E-state index contributed by atoms with van der Waals surface area (Å²) in [7, 11) is 0. The second-order valence-electron chi connectivity index (χ2n) is 11.8. The van der Waals surface area contributed by atoms with Gasteiger partial charge in [-0.3, -0.25) is 0 Å². The van der Waals surface area contributed by atoms with E-state index in [0.717, 1.165) is 0 Å². The fraction of sp³-hybridized carbons (Fsp3) is 0.0455. The number of allylic oxidation sites excluding steroid dienone is 5. The second kappa shape index (κ2) is 11.8. The van der Waals surface area contributed by atoms with Gasteiger partial charge in [0.1, 0.15) is 0 Å². The number of benzene rings is 6. The van der Waals surface area contributed by atoms with E-state index in [0.29, 0.717) is 0 Å². The van der Waals surface area contributed by atoms with Gasteiger partial charge in [0.2, 0.25) is 0 Å². The van der Waals surface area contributed by atoms with Crippen LogP contribution in [0.1, 0.15) is 19.4 Å². The predicted molar refractivity (Wildman–Crippen MR) is 202 cm³/mol. The van der Waals surface area contributed by atoms with Gasteiger partial charge in [0.15, 0.2) is 0 Å². The number of hydrogen-bond donors (Lipinski definition) is 0. The zero-order chi connectivity index (χ0) is 31.0. The van der Waals surface area contributed by atoms with E-state index < -0.39 is 0 Å². The lowest BCUT2D eigenvalue weighted by Gasteiger charge is -2.11. The molecule has 46 heavy (non-hydrogen) atoms. The predicted octanol–water partition coefficient (Wildman–Crippen LogP) is 13.0. The summed E-state index contributed by atoms with van der Waals surface area (Å²) in [6.45, 7) is 4.19. The van der Waals surface area contributed by atoms with E-state index in [9.17, 15) is 0 Å². The monoisotopic (exact) mass is 607 g/mol. The average molecular weight is 608 g/mol. The third-order valence-electron chi connectivity index (χ3n) is 8.78. The molecular formula is C44H33NS. The first kappa shape index (κ1) is 28.1. The van der Waals surface area contributed by atoms with Gasteiger partial charge in [0, 0.05) is 36.6 Å². The van der Waals surface area contributed by atoms with E-state index in [1.165, 1.54) is 81.1 Å². The van der Waals surface area contributed by atoms with Crippen molar-refractivity contribution < 1.29 is 0 Å². The molecule has 0 spiro atoms. The molecule has 0 fully saturated rings. The van der Waals surface area contributed by atoms with Crippen LogP contribution in [0.5, 0.6) is 0 Å². The first-order valence-electron chi connectivity index (χ1n) is 15.8. The highest BCUT2D eigenvalue weighted by Crippen LogP contribution is 2.48. The van der Waals surface area contributed by atoms with Gasteiger partial charge in [-0.05, 0) is 84.1 Å². The SMILES string of the molecule is C\C=C/C(C)=C\C=C\c1ccc2c(c1)c1c3sc4ccc(-c5ccccc5)cc4c3c(-c3ccccc3)cc1n2-c1ccccc1. The molecule has 2 aromatic heterocycles. The van der Waals surface area contributed by atoms with Crippen LogP contribution < -0.4 is 0 Å². The maximum Gasteiger partial charge on any atom is 0.0561 e. The molecule has 1 nitrogen and oxygen atoms in total. The molecule has 6 aromatic carbocycles. The molecule has 0 aliphatic carbocycles. The molecule has 0 aliphatic rings. The van der Waals surface area contributed by atoms with Gasteiger partial charge < -0.3 is 4.57 Å². The van der Waals surface area contributed by atoms with E-state index in [2.05, 4.69) is 182 Å². The topological polar surface area (TPSA) is 4.93 Å². The fourth-order valence-corrected chi connectivity index (χ4v) is 7.96. The fourth-order valence-electron chi connectivity index (χ4n) is 6.70. The highest BCUT2D eigenvalue weighted by molar-refractivity contribution is 7.27. The Hall–Kier alpha value is -5.44. The minimum absolute atomic E-state index is 1.17. The van der Waals surface area contributed by atoms with Gasteiger partial charge in [-0.25, -0.2) is 0 Å². The largest absolute Gasteiger partial charge is 0.309 e. The van der Waals surface area contributed by atoms with Gasteiger partial charge in [0.25, 0.3) is 0 Å². The number of hydrogen-bond acceptors (Lipinski definition) is 1. The molecule has 2 heteroatoms. The van der Waals surface area contributed by atoms with Crippen molar-refractivity contribution in [2.75, 3.05) is 0 Å². The molecule has 0 atom stereocenters. The van der Waals surface area contributed by atoms with Crippen molar-refractivity contribution in [2.24, 2.45) is 0 Å². The summed E-state index contributed by atoms with van der Waals surface area (Å²) < 4.78 is 5.08. The van der Waals surface area contributed by atoms with Gasteiger partial charge in [-0.15, -0.1) is 11.3 Å². The lowest BCUT2D eigenvalue weighted by Crippen LogP contribution is -1.93. The quantitative estimate of drug-likeness (QED) is 0.166. The molecule has 2 heterocycles. The van der Waals surface area contributed by atoms with Crippen LogP contribution in [0.25, 0.3) is 76.0 Å². The van der Waals surface area contributed by atoms with E-state index in [-0.39, 0.29) is 0 Å². The number of fused-ring (bicyclic) bond motifs is 7. The Morgan fingerprint density at radius 2 is 1.35 bits per heavy atom. The van der Waals surface area contributed by atoms with Crippen molar-refractivity contribution in [2.45, 2.75) is 13.8 Å². The molecule has 0 amide bonds. The summed E-state index contributed by atoms with van der Waals surface area (Å²) >= 11 is 1.91.